The van der Waals surface area contributed by atoms with Crippen LogP contribution in [0, 0.1) is 0 Å². The average Bonchev–Trinajstić information content (AvgIpc) is 3.31. The van der Waals surface area contributed by atoms with Gasteiger partial charge < -0.3 is 19.5 Å². The highest BCUT2D eigenvalue weighted by Crippen LogP contribution is 2.21. The maximum atomic E-state index is 12.6. The van der Waals surface area contributed by atoms with E-state index in [1.807, 2.05) is 48.7 Å². The van der Waals surface area contributed by atoms with Crippen LogP contribution in [0.3, 0.4) is 0 Å². The van der Waals surface area contributed by atoms with Crippen molar-refractivity contribution in [3.63, 3.8) is 0 Å². The lowest BCUT2D eigenvalue weighted by Gasteiger charge is -2.15. The molecule has 4 rings (SSSR count). The van der Waals surface area contributed by atoms with Gasteiger partial charge in [0.05, 0.1) is 7.11 Å². The molecular formula is C21H18N2O4. The van der Waals surface area contributed by atoms with Crippen molar-refractivity contribution in [1.82, 2.24) is 10.3 Å². The smallest absolute Gasteiger partial charge is 0.328 e. The van der Waals surface area contributed by atoms with Crippen LogP contribution in [0.1, 0.15) is 16.1 Å². The fourth-order valence-electron chi connectivity index (χ4n) is 3.18. The summed E-state index contributed by atoms with van der Waals surface area (Å²) in [7, 11) is 1.30. The molecule has 0 saturated carbocycles. The Kier molecular flexibility index (Phi) is 4.38. The summed E-state index contributed by atoms with van der Waals surface area (Å²) < 4.78 is 10.5. The van der Waals surface area contributed by atoms with Crippen molar-refractivity contribution in [2.75, 3.05) is 7.11 Å². The van der Waals surface area contributed by atoms with Crippen molar-refractivity contribution < 1.29 is 18.7 Å². The minimum absolute atomic E-state index is 0.157. The monoisotopic (exact) mass is 362 g/mol. The Morgan fingerprint density at radius 2 is 1.93 bits per heavy atom. The number of H-pyrrole nitrogens is 1. The number of rotatable bonds is 5. The highest BCUT2D eigenvalue weighted by molar-refractivity contribution is 5.98. The van der Waals surface area contributed by atoms with Gasteiger partial charge in [-0.15, -0.1) is 0 Å². The van der Waals surface area contributed by atoms with Gasteiger partial charge >= 0.3 is 5.97 Å². The quantitative estimate of drug-likeness (QED) is 0.533. The molecule has 6 heteroatoms. The van der Waals surface area contributed by atoms with E-state index in [0.29, 0.717) is 12.0 Å². The van der Waals surface area contributed by atoms with E-state index in [0.717, 1.165) is 21.9 Å². The van der Waals surface area contributed by atoms with Crippen LogP contribution in [0.4, 0.5) is 0 Å². The minimum atomic E-state index is -0.824. The molecular weight excluding hydrogens is 344 g/mol. The summed E-state index contributed by atoms with van der Waals surface area (Å²) in [5, 5.41) is 4.56. The molecule has 0 saturated heterocycles. The number of furan rings is 1. The second-order valence-electron chi connectivity index (χ2n) is 6.26. The van der Waals surface area contributed by atoms with Gasteiger partial charge in [0.2, 0.25) is 0 Å². The van der Waals surface area contributed by atoms with Crippen LogP contribution in [-0.4, -0.2) is 30.0 Å². The van der Waals surface area contributed by atoms with E-state index in [9.17, 15) is 9.59 Å². The van der Waals surface area contributed by atoms with E-state index in [4.69, 9.17) is 9.15 Å². The number of esters is 1. The Morgan fingerprint density at radius 1 is 1.15 bits per heavy atom. The number of carbonyl (C=O) groups excluding carboxylic acids is 2. The van der Waals surface area contributed by atoms with Gasteiger partial charge in [0.25, 0.3) is 5.91 Å². The summed E-state index contributed by atoms with van der Waals surface area (Å²) in [6.07, 6.45) is 2.15. The first-order chi connectivity index (χ1) is 13.2. The largest absolute Gasteiger partial charge is 0.467 e. The van der Waals surface area contributed by atoms with Crippen LogP contribution in [-0.2, 0) is 16.0 Å². The van der Waals surface area contributed by atoms with Gasteiger partial charge in [-0.2, -0.15) is 0 Å². The lowest BCUT2D eigenvalue weighted by Crippen LogP contribution is -2.42. The summed E-state index contributed by atoms with van der Waals surface area (Å²) in [5.74, 6) is -0.810. The SMILES string of the molecule is COC(=O)[C@@H](Cc1c[nH]c2ccccc12)NC(=O)c1cc2ccccc2o1. The van der Waals surface area contributed by atoms with Crippen LogP contribution in [0.25, 0.3) is 21.9 Å². The third kappa shape index (κ3) is 3.29. The lowest BCUT2D eigenvalue weighted by atomic mass is 10.0. The number of nitrogens with one attached hydrogen (secondary N) is 2. The number of benzene rings is 2. The van der Waals surface area contributed by atoms with Gasteiger partial charge in [0.15, 0.2) is 5.76 Å². The molecule has 2 N–H and O–H groups in total. The standard InChI is InChI=1S/C21H18N2O4/c1-26-21(25)17(10-14-12-22-16-8-4-3-7-15(14)16)23-20(24)19-11-13-6-2-5-9-18(13)27-19/h2-9,11-12,17,22H,10H2,1H3,(H,23,24)/t17-/m1/s1. The summed E-state index contributed by atoms with van der Waals surface area (Å²) in [4.78, 5) is 28.0. The lowest BCUT2D eigenvalue weighted by molar-refractivity contribution is -0.142. The molecule has 0 unspecified atom stereocenters. The molecule has 2 aromatic carbocycles. The van der Waals surface area contributed by atoms with E-state index in [2.05, 4.69) is 10.3 Å². The molecule has 4 aromatic rings. The highest BCUT2D eigenvalue weighted by Gasteiger charge is 2.25. The van der Waals surface area contributed by atoms with Crippen LogP contribution in [0.2, 0.25) is 0 Å². The number of methoxy groups -OCH3 is 1. The van der Waals surface area contributed by atoms with Crippen LogP contribution >= 0.6 is 0 Å². The first-order valence-electron chi connectivity index (χ1n) is 8.58. The zero-order chi connectivity index (χ0) is 18.8. The number of hydrogen-bond donors (Lipinski definition) is 2. The molecule has 0 spiro atoms. The van der Waals surface area contributed by atoms with E-state index in [-0.39, 0.29) is 5.76 Å². The van der Waals surface area contributed by atoms with Crippen LogP contribution in [0.5, 0.6) is 0 Å². The number of aromatic nitrogens is 1. The Labute approximate surface area is 155 Å². The van der Waals surface area contributed by atoms with Gasteiger partial charge in [-0.25, -0.2) is 4.79 Å². The van der Waals surface area contributed by atoms with Gasteiger partial charge in [-0.3, -0.25) is 4.79 Å². The Balaban J connectivity index is 1.58. The van der Waals surface area contributed by atoms with E-state index < -0.39 is 17.9 Å². The van der Waals surface area contributed by atoms with Gasteiger partial charge in [-0.05, 0) is 23.8 Å². The first-order valence-corrected chi connectivity index (χ1v) is 8.58. The summed E-state index contributed by atoms with van der Waals surface area (Å²) in [6, 6.07) is 16.0. The highest BCUT2D eigenvalue weighted by atomic mass is 16.5. The number of ether oxygens (including phenoxy) is 1. The molecule has 6 nitrogen and oxygen atoms in total. The van der Waals surface area contributed by atoms with E-state index >= 15 is 0 Å². The second-order valence-corrected chi connectivity index (χ2v) is 6.26. The predicted molar refractivity (Wildman–Crippen MR) is 101 cm³/mol. The topological polar surface area (TPSA) is 84.3 Å². The molecule has 0 radical (unpaired) electrons. The molecule has 0 bridgehead atoms. The molecule has 136 valence electrons. The van der Waals surface area contributed by atoms with Gasteiger partial charge in [0, 0.05) is 28.9 Å². The normalized spacial score (nSPS) is 12.2. The van der Waals surface area contributed by atoms with Crippen molar-refractivity contribution in [3.8, 4) is 0 Å². The third-order valence-corrected chi connectivity index (χ3v) is 4.54. The predicted octanol–water partition coefficient (Wildman–Crippen LogP) is 3.43. The second kappa shape index (κ2) is 6.99. The molecule has 2 aromatic heterocycles. The Morgan fingerprint density at radius 3 is 2.74 bits per heavy atom. The number of hydrogen-bond acceptors (Lipinski definition) is 4. The zero-order valence-electron chi connectivity index (χ0n) is 14.7. The number of fused-ring (bicyclic) bond motifs is 2. The van der Waals surface area contributed by atoms with Crippen molar-refractivity contribution in [1.29, 1.82) is 0 Å². The van der Waals surface area contributed by atoms with Gasteiger partial charge in [0.1, 0.15) is 11.6 Å². The van der Waals surface area contributed by atoms with Crippen molar-refractivity contribution >= 4 is 33.7 Å². The molecule has 1 atom stereocenters. The molecule has 27 heavy (non-hydrogen) atoms. The Hall–Kier alpha value is -3.54. The number of amides is 1. The zero-order valence-corrected chi connectivity index (χ0v) is 14.7. The fraction of sp³-hybridized carbons (Fsp3) is 0.143. The summed E-state index contributed by atoms with van der Waals surface area (Å²) in [5.41, 5.74) is 2.51. The maximum absolute atomic E-state index is 12.6. The maximum Gasteiger partial charge on any atom is 0.328 e. The molecule has 0 fully saturated rings. The number of para-hydroxylation sites is 2. The van der Waals surface area contributed by atoms with Crippen molar-refractivity contribution in [3.05, 3.63) is 72.1 Å². The summed E-state index contributed by atoms with van der Waals surface area (Å²) in [6.45, 7) is 0. The fourth-order valence-corrected chi connectivity index (χ4v) is 3.18. The molecule has 1 amide bonds. The number of aromatic amines is 1. The van der Waals surface area contributed by atoms with E-state index in [1.165, 1.54) is 7.11 Å². The average molecular weight is 362 g/mol. The summed E-state index contributed by atoms with van der Waals surface area (Å²) >= 11 is 0. The van der Waals surface area contributed by atoms with Crippen molar-refractivity contribution in [2.24, 2.45) is 0 Å². The molecule has 0 aliphatic rings. The molecule has 0 aliphatic heterocycles. The first kappa shape index (κ1) is 16.9. The third-order valence-electron chi connectivity index (χ3n) is 4.54. The van der Waals surface area contributed by atoms with E-state index in [1.54, 1.807) is 12.1 Å². The minimum Gasteiger partial charge on any atom is -0.467 e. The number of carbonyl (C=O) groups is 2. The molecule has 0 aliphatic carbocycles. The van der Waals surface area contributed by atoms with Gasteiger partial charge in [-0.1, -0.05) is 36.4 Å². The van der Waals surface area contributed by atoms with Crippen molar-refractivity contribution in [2.45, 2.75) is 12.5 Å². The molecule has 2 heterocycles. The van der Waals surface area contributed by atoms with Crippen LogP contribution in [0.15, 0.2) is 65.2 Å². The van der Waals surface area contributed by atoms with Crippen LogP contribution < -0.4 is 5.32 Å². The Bertz CT molecular complexity index is 1090.